The van der Waals surface area contributed by atoms with Gasteiger partial charge in [-0.2, -0.15) is 0 Å². The average Bonchev–Trinajstić information content (AvgIpc) is 2.92. The van der Waals surface area contributed by atoms with Crippen molar-refractivity contribution in [1.29, 1.82) is 0 Å². The van der Waals surface area contributed by atoms with E-state index in [0.717, 1.165) is 0 Å². The van der Waals surface area contributed by atoms with E-state index in [4.69, 9.17) is 9.47 Å². The normalized spacial score (nSPS) is 10.4. The van der Waals surface area contributed by atoms with Crippen molar-refractivity contribution in [3.05, 3.63) is 52.3 Å². The smallest absolute Gasteiger partial charge is 0.344 e. The number of hydrogen-bond acceptors (Lipinski definition) is 6. The quantitative estimate of drug-likeness (QED) is 0.565. The number of carbonyl (C=O) groups excluding carboxylic acids is 4. The maximum Gasteiger partial charge on any atom is 0.344 e. The highest BCUT2D eigenvalue weighted by Crippen LogP contribution is 2.19. The third kappa shape index (κ3) is 4.91. The predicted octanol–water partition coefficient (Wildman–Crippen LogP) is 2.84. The summed E-state index contributed by atoms with van der Waals surface area (Å²) in [6.07, 6.45) is 0. The molecule has 0 saturated carbocycles. The van der Waals surface area contributed by atoms with Crippen LogP contribution in [0.3, 0.4) is 0 Å². The molecule has 7 nitrogen and oxygen atoms in total. The van der Waals surface area contributed by atoms with Gasteiger partial charge in [0.05, 0.1) is 5.69 Å². The lowest BCUT2D eigenvalue weighted by Gasteiger charge is -2.07. The molecule has 0 bridgehead atoms. The van der Waals surface area contributed by atoms with Crippen molar-refractivity contribution >= 4 is 23.3 Å². The number of H-pyrrole nitrogens is 1. The molecule has 0 saturated heterocycles. The molecule has 0 aliphatic rings. The molecule has 1 aromatic carbocycles. The molecular weight excluding hydrogens is 350 g/mol. The zero-order valence-corrected chi connectivity index (χ0v) is 15.7. The highest BCUT2D eigenvalue weighted by atomic mass is 16.6. The molecule has 142 valence electrons. The Hall–Kier alpha value is -3.22. The van der Waals surface area contributed by atoms with Crippen LogP contribution in [0.2, 0.25) is 0 Å². The van der Waals surface area contributed by atoms with Gasteiger partial charge in [-0.1, -0.05) is 0 Å². The fourth-order valence-corrected chi connectivity index (χ4v) is 2.74. The second-order valence-corrected chi connectivity index (χ2v) is 6.13. The van der Waals surface area contributed by atoms with E-state index in [2.05, 4.69) is 4.98 Å². The van der Waals surface area contributed by atoms with Crippen LogP contribution >= 0.6 is 0 Å². The first-order valence-electron chi connectivity index (χ1n) is 8.33. The molecule has 0 fully saturated rings. The number of aryl methyl sites for hydroxylation is 1. The van der Waals surface area contributed by atoms with Crippen LogP contribution in [0.15, 0.2) is 24.3 Å². The molecule has 2 aromatic rings. The van der Waals surface area contributed by atoms with E-state index >= 15 is 0 Å². The molecule has 1 N–H and O–H groups in total. The van der Waals surface area contributed by atoms with Crippen molar-refractivity contribution in [3.8, 4) is 5.75 Å². The third-order valence-electron chi connectivity index (χ3n) is 4.05. The molecule has 0 aliphatic heterocycles. The molecule has 0 aliphatic carbocycles. The van der Waals surface area contributed by atoms with Crippen LogP contribution in [0.5, 0.6) is 5.75 Å². The number of nitrogens with one attached hydrogen (secondary N) is 1. The number of carbonyl (C=O) groups is 4. The predicted molar refractivity (Wildman–Crippen MR) is 97.5 cm³/mol. The van der Waals surface area contributed by atoms with Gasteiger partial charge in [0.15, 0.2) is 24.8 Å². The maximum absolute atomic E-state index is 12.2. The van der Waals surface area contributed by atoms with Gasteiger partial charge >= 0.3 is 5.97 Å². The van der Waals surface area contributed by atoms with E-state index in [-0.39, 0.29) is 23.9 Å². The fraction of sp³-hybridized carbons (Fsp3) is 0.300. The molecule has 1 aromatic heterocycles. The van der Waals surface area contributed by atoms with Gasteiger partial charge in [-0.3, -0.25) is 14.4 Å². The van der Waals surface area contributed by atoms with Gasteiger partial charge < -0.3 is 14.5 Å². The van der Waals surface area contributed by atoms with Crippen LogP contribution in [0.1, 0.15) is 56.3 Å². The van der Waals surface area contributed by atoms with E-state index in [0.29, 0.717) is 28.1 Å². The molecule has 1 heterocycles. The second-order valence-electron chi connectivity index (χ2n) is 6.13. The van der Waals surface area contributed by atoms with E-state index in [9.17, 15) is 19.2 Å². The summed E-state index contributed by atoms with van der Waals surface area (Å²) in [4.78, 5) is 49.7. The minimum absolute atomic E-state index is 0.0674. The molecule has 27 heavy (non-hydrogen) atoms. The maximum atomic E-state index is 12.2. The molecule has 0 amide bonds. The van der Waals surface area contributed by atoms with E-state index in [1.165, 1.54) is 13.8 Å². The number of aromatic nitrogens is 1. The number of Topliss-reactive ketones (excluding diaryl/α,β-unsaturated/α-hetero) is 3. The van der Waals surface area contributed by atoms with Crippen molar-refractivity contribution in [3.63, 3.8) is 0 Å². The SMILES string of the molecule is CC(=O)c1ccc(OCC(=O)OCC(=O)c2[nH]c(C)c(C(C)=O)c2C)cc1. The van der Waals surface area contributed by atoms with Crippen LogP contribution in [-0.2, 0) is 9.53 Å². The summed E-state index contributed by atoms with van der Waals surface area (Å²) < 4.78 is 10.2. The largest absolute Gasteiger partial charge is 0.482 e. The topological polar surface area (TPSA) is 103 Å². The lowest BCUT2D eigenvalue weighted by molar-refractivity contribution is -0.144. The summed E-state index contributed by atoms with van der Waals surface area (Å²) in [7, 11) is 0. The molecule has 7 heteroatoms. The number of aromatic amines is 1. The van der Waals surface area contributed by atoms with Crippen LogP contribution in [0.4, 0.5) is 0 Å². The lowest BCUT2D eigenvalue weighted by atomic mass is 10.1. The van der Waals surface area contributed by atoms with Crippen LogP contribution in [-0.4, -0.2) is 41.5 Å². The molecule has 0 spiro atoms. The van der Waals surface area contributed by atoms with Gasteiger partial charge in [-0.25, -0.2) is 4.79 Å². The minimum atomic E-state index is -0.702. The molecule has 2 rings (SSSR count). The lowest BCUT2D eigenvalue weighted by Crippen LogP contribution is -2.20. The number of benzene rings is 1. The van der Waals surface area contributed by atoms with E-state index < -0.39 is 18.4 Å². The van der Waals surface area contributed by atoms with Gasteiger partial charge in [0, 0.05) is 16.8 Å². The van der Waals surface area contributed by atoms with Gasteiger partial charge in [-0.05, 0) is 57.5 Å². The first kappa shape index (κ1) is 20.1. The summed E-state index contributed by atoms with van der Waals surface area (Å²) in [6.45, 7) is 5.44. The van der Waals surface area contributed by atoms with Crippen molar-refractivity contribution in [2.24, 2.45) is 0 Å². The summed E-state index contributed by atoms with van der Waals surface area (Å²) in [6, 6.07) is 6.33. The Morgan fingerprint density at radius 2 is 1.56 bits per heavy atom. The fourth-order valence-electron chi connectivity index (χ4n) is 2.74. The molecule has 0 unspecified atom stereocenters. The van der Waals surface area contributed by atoms with Crippen LogP contribution < -0.4 is 4.74 Å². The highest BCUT2D eigenvalue weighted by Gasteiger charge is 2.20. The summed E-state index contributed by atoms with van der Waals surface area (Å²) in [5.74, 6) is -0.928. The number of esters is 1. The molecule has 0 atom stereocenters. The summed E-state index contributed by atoms with van der Waals surface area (Å²) in [5, 5.41) is 0. The highest BCUT2D eigenvalue weighted by molar-refractivity contribution is 6.04. The van der Waals surface area contributed by atoms with E-state index in [1.807, 2.05) is 0 Å². The van der Waals surface area contributed by atoms with Crippen molar-refractivity contribution in [1.82, 2.24) is 4.98 Å². The first-order valence-corrected chi connectivity index (χ1v) is 8.33. The van der Waals surface area contributed by atoms with Crippen molar-refractivity contribution in [2.75, 3.05) is 13.2 Å². The zero-order chi connectivity index (χ0) is 20.1. The number of ether oxygens (including phenoxy) is 2. The first-order chi connectivity index (χ1) is 12.7. The average molecular weight is 371 g/mol. The van der Waals surface area contributed by atoms with Crippen LogP contribution in [0.25, 0.3) is 0 Å². The zero-order valence-electron chi connectivity index (χ0n) is 15.7. The van der Waals surface area contributed by atoms with Crippen LogP contribution in [0, 0.1) is 13.8 Å². The number of ketones is 3. The van der Waals surface area contributed by atoms with Gasteiger partial charge in [-0.15, -0.1) is 0 Å². The Labute approximate surface area is 156 Å². The van der Waals surface area contributed by atoms with Crippen molar-refractivity contribution < 1.29 is 28.7 Å². The Balaban J connectivity index is 1.88. The van der Waals surface area contributed by atoms with Gasteiger partial charge in [0.2, 0.25) is 5.78 Å². The van der Waals surface area contributed by atoms with Gasteiger partial charge in [0.25, 0.3) is 0 Å². The Bertz CT molecular complexity index is 892. The summed E-state index contributed by atoms with van der Waals surface area (Å²) in [5.41, 5.74) is 2.42. The standard InChI is InChI=1S/C20H21NO6/c1-11-19(14(4)23)12(2)21-20(11)17(24)9-27-18(25)10-26-16-7-5-15(6-8-16)13(3)22/h5-8,21H,9-10H2,1-4H3. The number of hydrogen-bond donors (Lipinski definition) is 1. The Morgan fingerprint density at radius 3 is 2.07 bits per heavy atom. The minimum Gasteiger partial charge on any atom is -0.482 e. The Kier molecular flexibility index (Phi) is 6.28. The second kappa shape index (κ2) is 8.44. The van der Waals surface area contributed by atoms with Gasteiger partial charge in [0.1, 0.15) is 5.75 Å². The van der Waals surface area contributed by atoms with Crippen molar-refractivity contribution in [2.45, 2.75) is 27.7 Å². The van der Waals surface area contributed by atoms with E-state index in [1.54, 1.807) is 38.1 Å². The monoisotopic (exact) mass is 371 g/mol. The Morgan fingerprint density at radius 1 is 0.926 bits per heavy atom. The third-order valence-corrected chi connectivity index (χ3v) is 4.05. The summed E-state index contributed by atoms with van der Waals surface area (Å²) >= 11 is 0. The molecule has 0 radical (unpaired) electrons. The number of rotatable bonds is 8. The molecular formula is C20H21NO6.